The summed E-state index contributed by atoms with van der Waals surface area (Å²) in [7, 11) is 0. The molecular weight excluding hydrogens is 503 g/mol. The van der Waals surface area contributed by atoms with Crippen molar-refractivity contribution in [3.8, 4) is 30.0 Å². The molecule has 0 N–H and O–H groups in total. The lowest BCUT2D eigenvalue weighted by molar-refractivity contribution is 1.18. The number of aromatic nitrogens is 2. The molecule has 0 unspecified atom stereocenters. The molecule has 0 fully saturated rings. The fraction of sp³-hybridized carbons (Fsp3) is 0. The summed E-state index contributed by atoms with van der Waals surface area (Å²) in [5.41, 5.74) is 7.91. The third-order valence-corrected chi connectivity index (χ3v) is 8.24. The first-order valence-electron chi connectivity index (χ1n) is 13.1. The number of para-hydroxylation sites is 3. The highest BCUT2D eigenvalue weighted by Crippen LogP contribution is 2.38. The van der Waals surface area contributed by atoms with E-state index in [9.17, 15) is 21.0 Å². The molecule has 0 spiro atoms. The molecule has 0 atom stereocenters. The fourth-order valence-corrected chi connectivity index (χ4v) is 6.75. The Morgan fingerprint density at radius 2 is 1.10 bits per heavy atom. The first kappa shape index (κ1) is 22.7. The van der Waals surface area contributed by atoms with E-state index in [1.165, 1.54) is 0 Å². The van der Waals surface area contributed by atoms with Gasteiger partial charge in [0.2, 0.25) is 0 Å². The standard InChI is InChI=1S/C34H15BN6/c36-16-20-12-22(18-38)32-26(14-20)27-15-21(17-37)13-23(19-39)33(27)41(32)35-28-8-2-4-11-31(28)40-30-10-3-1-6-24(30)25-7-5-9-29(35)34(25)40/h1-15H. The second-order valence-electron chi connectivity index (χ2n) is 10.2. The first-order chi connectivity index (χ1) is 20.2. The van der Waals surface area contributed by atoms with Crippen LogP contribution in [-0.4, -0.2) is 15.9 Å². The molecule has 184 valence electrons. The maximum absolute atomic E-state index is 10.3. The Bertz CT molecular complexity index is 2400. The lowest BCUT2D eigenvalue weighted by Gasteiger charge is -2.28. The SMILES string of the molecule is N#Cc1cc(C#N)c2c(c1)c1cc(C#N)cc(C#N)c1n2B1c2ccccc2-n2c3ccccc3c3cccc1c32. The summed E-state index contributed by atoms with van der Waals surface area (Å²) in [5.74, 6) is 0. The van der Waals surface area contributed by atoms with E-state index in [-0.39, 0.29) is 6.85 Å². The van der Waals surface area contributed by atoms with Crippen LogP contribution in [-0.2, 0) is 0 Å². The fourth-order valence-electron chi connectivity index (χ4n) is 6.75. The lowest BCUT2D eigenvalue weighted by Crippen LogP contribution is -2.53. The average molecular weight is 518 g/mol. The van der Waals surface area contributed by atoms with Gasteiger partial charge in [0.15, 0.2) is 0 Å². The Balaban J connectivity index is 1.65. The molecule has 0 amide bonds. The minimum atomic E-state index is -0.383. The molecule has 0 saturated carbocycles. The van der Waals surface area contributed by atoms with Crippen LogP contribution in [0.2, 0.25) is 0 Å². The first-order valence-corrected chi connectivity index (χ1v) is 13.1. The van der Waals surface area contributed by atoms with Crippen LogP contribution in [0.1, 0.15) is 22.3 Å². The highest BCUT2D eigenvalue weighted by atomic mass is 15.0. The summed E-state index contributed by atoms with van der Waals surface area (Å²) in [6.07, 6.45) is 0. The van der Waals surface area contributed by atoms with Crippen LogP contribution in [0.3, 0.4) is 0 Å². The van der Waals surface area contributed by atoms with Crippen LogP contribution in [0.5, 0.6) is 0 Å². The zero-order valence-corrected chi connectivity index (χ0v) is 21.4. The molecule has 1 aliphatic rings. The van der Waals surface area contributed by atoms with Gasteiger partial charge >= 0.3 is 6.85 Å². The summed E-state index contributed by atoms with van der Waals surface area (Å²) < 4.78 is 4.39. The quantitative estimate of drug-likeness (QED) is 0.273. The molecule has 0 radical (unpaired) electrons. The maximum Gasteiger partial charge on any atom is 0.332 e. The largest absolute Gasteiger partial charge is 0.374 e. The molecule has 8 rings (SSSR count). The number of nitrogens with zero attached hydrogens (tertiary/aromatic N) is 6. The van der Waals surface area contributed by atoms with Crippen molar-refractivity contribution < 1.29 is 0 Å². The normalized spacial score (nSPS) is 11.8. The zero-order valence-electron chi connectivity index (χ0n) is 21.4. The Morgan fingerprint density at radius 1 is 0.512 bits per heavy atom. The number of nitriles is 4. The van der Waals surface area contributed by atoms with Gasteiger partial charge < -0.3 is 9.05 Å². The van der Waals surface area contributed by atoms with E-state index in [1.54, 1.807) is 24.3 Å². The monoisotopic (exact) mass is 518 g/mol. The predicted molar refractivity (Wildman–Crippen MR) is 160 cm³/mol. The Hall–Kier alpha value is -6.28. The summed E-state index contributed by atoms with van der Waals surface area (Å²) >= 11 is 0. The summed E-state index contributed by atoms with van der Waals surface area (Å²) in [6, 6.07) is 38.6. The smallest absolute Gasteiger partial charge is 0.332 e. The molecule has 5 aromatic carbocycles. The van der Waals surface area contributed by atoms with E-state index in [1.807, 2.05) is 24.3 Å². The highest BCUT2D eigenvalue weighted by Gasteiger charge is 2.37. The van der Waals surface area contributed by atoms with Gasteiger partial charge in [-0.1, -0.05) is 54.6 Å². The van der Waals surface area contributed by atoms with Gasteiger partial charge in [-0.2, -0.15) is 21.0 Å². The second-order valence-corrected chi connectivity index (χ2v) is 10.2. The molecule has 0 saturated heterocycles. The molecule has 6 nitrogen and oxygen atoms in total. The minimum Gasteiger partial charge on any atom is -0.374 e. The summed E-state index contributed by atoms with van der Waals surface area (Å²) in [5, 5.41) is 43.8. The average Bonchev–Trinajstić information content (AvgIpc) is 3.54. The van der Waals surface area contributed by atoms with Gasteiger partial charge in [0.25, 0.3) is 0 Å². The van der Waals surface area contributed by atoms with Crippen LogP contribution >= 0.6 is 0 Å². The molecular formula is C34H15BN6. The third kappa shape index (κ3) is 2.82. The van der Waals surface area contributed by atoms with Crippen molar-refractivity contribution in [3.63, 3.8) is 0 Å². The van der Waals surface area contributed by atoms with Gasteiger partial charge in [-0.05, 0) is 47.3 Å². The van der Waals surface area contributed by atoms with Gasteiger partial charge in [0.1, 0.15) is 12.1 Å². The van der Waals surface area contributed by atoms with Crippen LogP contribution < -0.4 is 10.9 Å². The predicted octanol–water partition coefficient (Wildman–Crippen LogP) is 5.35. The van der Waals surface area contributed by atoms with Crippen molar-refractivity contribution in [1.29, 1.82) is 21.0 Å². The molecule has 41 heavy (non-hydrogen) atoms. The molecule has 7 aromatic rings. The van der Waals surface area contributed by atoms with Gasteiger partial charge in [0.05, 0.1) is 56.5 Å². The van der Waals surface area contributed by atoms with Gasteiger partial charge in [-0.3, -0.25) is 0 Å². The van der Waals surface area contributed by atoms with Gasteiger partial charge in [-0.15, -0.1) is 0 Å². The molecule has 2 aromatic heterocycles. The van der Waals surface area contributed by atoms with E-state index in [2.05, 4.69) is 75.8 Å². The molecule has 7 heteroatoms. The van der Waals surface area contributed by atoms with Crippen molar-refractivity contribution in [3.05, 3.63) is 113 Å². The van der Waals surface area contributed by atoms with E-state index < -0.39 is 0 Å². The van der Waals surface area contributed by atoms with Gasteiger partial charge in [-0.25, -0.2) is 0 Å². The third-order valence-electron chi connectivity index (χ3n) is 8.24. The number of rotatable bonds is 1. The summed E-state index contributed by atoms with van der Waals surface area (Å²) in [4.78, 5) is 0. The number of benzene rings is 5. The number of hydrogen-bond acceptors (Lipinski definition) is 4. The van der Waals surface area contributed by atoms with Crippen LogP contribution in [0.4, 0.5) is 0 Å². The van der Waals surface area contributed by atoms with Crippen LogP contribution in [0.25, 0.3) is 49.3 Å². The minimum absolute atomic E-state index is 0.341. The second kappa shape index (κ2) is 8.11. The van der Waals surface area contributed by atoms with E-state index in [0.29, 0.717) is 44.1 Å². The Morgan fingerprint density at radius 3 is 1.76 bits per heavy atom. The topological polar surface area (TPSA) is 105 Å². The van der Waals surface area contributed by atoms with E-state index in [4.69, 9.17) is 0 Å². The van der Waals surface area contributed by atoms with E-state index in [0.717, 1.165) is 38.4 Å². The summed E-state index contributed by atoms with van der Waals surface area (Å²) in [6.45, 7) is -0.383. The molecule has 3 heterocycles. The highest BCUT2D eigenvalue weighted by molar-refractivity contribution is 6.88. The number of hydrogen-bond donors (Lipinski definition) is 0. The Kier molecular flexibility index (Phi) is 4.49. The van der Waals surface area contributed by atoms with Gasteiger partial charge in [0, 0.05) is 27.2 Å². The van der Waals surface area contributed by atoms with E-state index >= 15 is 0 Å². The Labute approximate surface area is 234 Å². The maximum atomic E-state index is 10.3. The molecule has 0 bridgehead atoms. The van der Waals surface area contributed by atoms with Crippen molar-refractivity contribution in [2.45, 2.75) is 0 Å². The van der Waals surface area contributed by atoms with Crippen molar-refractivity contribution in [2.24, 2.45) is 0 Å². The van der Waals surface area contributed by atoms with Crippen molar-refractivity contribution in [2.75, 3.05) is 0 Å². The number of fused-ring (bicyclic) bond motifs is 8. The van der Waals surface area contributed by atoms with Crippen LogP contribution in [0.15, 0.2) is 91.0 Å². The van der Waals surface area contributed by atoms with Crippen LogP contribution in [0, 0.1) is 45.3 Å². The lowest BCUT2D eigenvalue weighted by atomic mass is 9.48. The molecule has 0 aliphatic carbocycles. The van der Waals surface area contributed by atoms with Crippen molar-refractivity contribution >= 4 is 61.4 Å². The van der Waals surface area contributed by atoms with Crippen molar-refractivity contribution in [1.82, 2.24) is 9.05 Å². The molecule has 1 aliphatic heterocycles. The zero-order chi connectivity index (χ0) is 27.8.